The quantitative estimate of drug-likeness (QED) is 0.850. The van der Waals surface area contributed by atoms with Crippen molar-refractivity contribution < 1.29 is 5.11 Å². The molecule has 0 aliphatic carbocycles. The van der Waals surface area contributed by atoms with Crippen LogP contribution < -0.4 is 10.2 Å². The first-order valence-electron chi connectivity index (χ1n) is 6.99. The molecule has 0 bridgehead atoms. The van der Waals surface area contributed by atoms with Crippen molar-refractivity contribution in [3.63, 3.8) is 0 Å². The van der Waals surface area contributed by atoms with Gasteiger partial charge in [0.25, 0.3) is 0 Å². The zero-order valence-electron chi connectivity index (χ0n) is 12.1. The van der Waals surface area contributed by atoms with Crippen LogP contribution in [-0.4, -0.2) is 40.8 Å². The highest BCUT2D eigenvalue weighted by atomic mass is 16.3. The van der Waals surface area contributed by atoms with Gasteiger partial charge in [0.05, 0.1) is 6.10 Å². The van der Waals surface area contributed by atoms with E-state index in [4.69, 9.17) is 0 Å². The van der Waals surface area contributed by atoms with Crippen LogP contribution in [0.2, 0.25) is 0 Å². The van der Waals surface area contributed by atoms with Crippen molar-refractivity contribution in [3.05, 3.63) is 12.4 Å². The second-order valence-corrected chi connectivity index (χ2v) is 6.02. The summed E-state index contributed by atoms with van der Waals surface area (Å²) in [5, 5.41) is 12.9. The maximum absolute atomic E-state index is 9.57. The van der Waals surface area contributed by atoms with Crippen molar-refractivity contribution in [1.29, 1.82) is 0 Å². The third kappa shape index (κ3) is 3.80. The van der Waals surface area contributed by atoms with Gasteiger partial charge in [-0.05, 0) is 18.3 Å². The molecule has 1 unspecified atom stereocenters. The van der Waals surface area contributed by atoms with Gasteiger partial charge in [-0.1, -0.05) is 20.8 Å². The number of hydrogen-bond donors (Lipinski definition) is 2. The largest absolute Gasteiger partial charge is 0.391 e. The highest BCUT2D eigenvalue weighted by Gasteiger charge is 2.22. The van der Waals surface area contributed by atoms with E-state index in [-0.39, 0.29) is 11.5 Å². The van der Waals surface area contributed by atoms with Crippen LogP contribution in [0, 0.1) is 5.41 Å². The Kier molecular flexibility index (Phi) is 4.24. The fourth-order valence-corrected chi connectivity index (χ4v) is 2.02. The predicted octanol–water partition coefficient (Wildman–Crippen LogP) is 1.90. The van der Waals surface area contributed by atoms with Crippen molar-refractivity contribution in [1.82, 2.24) is 9.97 Å². The Bertz CT molecular complexity index is 422. The number of anilines is 2. The molecule has 1 atom stereocenters. The van der Waals surface area contributed by atoms with Gasteiger partial charge in [0.2, 0.25) is 0 Å². The molecule has 2 rings (SSSR count). The summed E-state index contributed by atoms with van der Waals surface area (Å²) in [5.41, 5.74) is 0.259. The summed E-state index contributed by atoms with van der Waals surface area (Å²) in [6.45, 7) is 9.08. The minimum atomic E-state index is -0.231. The number of β-amino-alcohol motifs (C(OH)–C–C–N with tert-alkyl or cyclic N) is 1. The molecule has 1 aliphatic rings. The number of rotatable bonds is 5. The van der Waals surface area contributed by atoms with E-state index in [1.54, 1.807) is 6.33 Å². The molecule has 0 radical (unpaired) electrons. The molecule has 5 heteroatoms. The number of nitrogens with zero attached hydrogens (tertiary/aromatic N) is 3. The maximum atomic E-state index is 9.57. The van der Waals surface area contributed by atoms with E-state index in [1.807, 2.05) is 6.07 Å². The molecule has 19 heavy (non-hydrogen) atoms. The van der Waals surface area contributed by atoms with E-state index in [1.165, 1.54) is 0 Å². The van der Waals surface area contributed by atoms with Crippen molar-refractivity contribution in [2.45, 2.75) is 39.7 Å². The number of aromatic nitrogens is 2. The van der Waals surface area contributed by atoms with E-state index in [0.29, 0.717) is 6.54 Å². The maximum Gasteiger partial charge on any atom is 0.134 e. The van der Waals surface area contributed by atoms with Gasteiger partial charge < -0.3 is 15.3 Å². The second kappa shape index (κ2) is 5.74. The van der Waals surface area contributed by atoms with E-state index in [0.717, 1.165) is 37.6 Å². The lowest BCUT2D eigenvalue weighted by Gasteiger charge is -2.23. The van der Waals surface area contributed by atoms with Gasteiger partial charge in [0.15, 0.2) is 0 Å². The molecule has 0 saturated carbocycles. The smallest absolute Gasteiger partial charge is 0.134 e. The first-order chi connectivity index (χ1) is 9.00. The van der Waals surface area contributed by atoms with Gasteiger partial charge in [0.1, 0.15) is 18.0 Å². The molecule has 0 amide bonds. The molecule has 5 nitrogen and oxygen atoms in total. The number of aliphatic hydroxyl groups excluding tert-OH is 1. The van der Waals surface area contributed by atoms with E-state index in [9.17, 15) is 5.11 Å². The Morgan fingerprint density at radius 2 is 2.26 bits per heavy atom. The average molecular weight is 264 g/mol. The zero-order valence-corrected chi connectivity index (χ0v) is 12.1. The fraction of sp³-hybridized carbons (Fsp3) is 0.714. The van der Waals surface area contributed by atoms with Crippen LogP contribution >= 0.6 is 0 Å². The lowest BCUT2D eigenvalue weighted by molar-refractivity contribution is 0.198. The van der Waals surface area contributed by atoms with Crippen molar-refractivity contribution >= 4 is 11.6 Å². The molecule has 0 spiro atoms. The van der Waals surface area contributed by atoms with Crippen LogP contribution in [0.25, 0.3) is 0 Å². The molecule has 2 heterocycles. The van der Waals surface area contributed by atoms with Crippen molar-refractivity contribution in [2.75, 3.05) is 29.9 Å². The summed E-state index contributed by atoms with van der Waals surface area (Å²) in [7, 11) is 0. The Morgan fingerprint density at radius 3 is 2.89 bits per heavy atom. The number of hydrogen-bond acceptors (Lipinski definition) is 5. The topological polar surface area (TPSA) is 61.3 Å². The highest BCUT2D eigenvalue weighted by molar-refractivity contribution is 5.49. The normalized spacial score (nSPS) is 19.8. The molecule has 1 aromatic rings. The molecule has 0 aromatic carbocycles. The molecule has 1 saturated heterocycles. The minimum absolute atomic E-state index is 0.231. The van der Waals surface area contributed by atoms with Gasteiger partial charge in [-0.2, -0.15) is 0 Å². The Hall–Kier alpha value is -1.36. The molecule has 2 N–H and O–H groups in total. The predicted molar refractivity (Wildman–Crippen MR) is 77.4 cm³/mol. The lowest BCUT2D eigenvalue weighted by atomic mass is 9.90. The summed E-state index contributed by atoms with van der Waals surface area (Å²) in [6, 6.07) is 1.96. The highest BCUT2D eigenvalue weighted by Crippen LogP contribution is 2.22. The summed E-state index contributed by atoms with van der Waals surface area (Å²) < 4.78 is 0. The second-order valence-electron chi connectivity index (χ2n) is 6.02. The summed E-state index contributed by atoms with van der Waals surface area (Å²) in [6.07, 6.45) is 3.29. The molecule has 1 aliphatic heterocycles. The van der Waals surface area contributed by atoms with Crippen LogP contribution in [-0.2, 0) is 0 Å². The van der Waals surface area contributed by atoms with Crippen LogP contribution in [0.3, 0.4) is 0 Å². The molecular formula is C14H24N4O. The fourth-order valence-electron chi connectivity index (χ4n) is 2.02. The number of aliphatic hydroxyl groups is 1. The third-order valence-electron chi connectivity index (χ3n) is 3.85. The van der Waals surface area contributed by atoms with Gasteiger partial charge in [-0.15, -0.1) is 0 Å². The third-order valence-corrected chi connectivity index (χ3v) is 3.85. The van der Waals surface area contributed by atoms with Crippen molar-refractivity contribution in [3.8, 4) is 0 Å². The Balaban J connectivity index is 1.99. The molecular weight excluding hydrogens is 240 g/mol. The minimum Gasteiger partial charge on any atom is -0.391 e. The first kappa shape index (κ1) is 14.1. The van der Waals surface area contributed by atoms with Gasteiger partial charge in [-0.25, -0.2) is 9.97 Å². The SMILES string of the molecule is CCC(C)(C)CNc1cc(N2CCC(O)C2)ncn1. The Labute approximate surface area is 115 Å². The van der Waals surface area contributed by atoms with E-state index < -0.39 is 0 Å². The Morgan fingerprint density at radius 1 is 1.47 bits per heavy atom. The van der Waals surface area contributed by atoms with Crippen LogP contribution in [0.5, 0.6) is 0 Å². The van der Waals surface area contributed by atoms with Gasteiger partial charge >= 0.3 is 0 Å². The lowest BCUT2D eigenvalue weighted by Crippen LogP contribution is -2.24. The molecule has 1 fully saturated rings. The standard InChI is InChI=1S/C14H24N4O/c1-4-14(2,3)9-15-12-7-13(17-10-16-12)18-6-5-11(19)8-18/h7,10-11,19H,4-6,8-9H2,1-3H3,(H,15,16,17). The van der Waals surface area contributed by atoms with Gasteiger partial charge in [-0.3, -0.25) is 0 Å². The zero-order chi connectivity index (χ0) is 13.9. The first-order valence-corrected chi connectivity index (χ1v) is 6.99. The summed E-state index contributed by atoms with van der Waals surface area (Å²) >= 11 is 0. The molecule has 1 aromatic heterocycles. The van der Waals surface area contributed by atoms with Crippen LogP contribution in [0.15, 0.2) is 12.4 Å². The van der Waals surface area contributed by atoms with Gasteiger partial charge in [0, 0.05) is 25.7 Å². The summed E-state index contributed by atoms with van der Waals surface area (Å²) in [4.78, 5) is 10.6. The van der Waals surface area contributed by atoms with E-state index in [2.05, 4.69) is 41.0 Å². The average Bonchev–Trinajstić information content (AvgIpc) is 2.84. The monoisotopic (exact) mass is 264 g/mol. The van der Waals surface area contributed by atoms with Crippen LogP contribution in [0.1, 0.15) is 33.6 Å². The number of nitrogens with one attached hydrogen (secondary N) is 1. The molecule has 106 valence electrons. The summed E-state index contributed by atoms with van der Waals surface area (Å²) in [5.74, 6) is 1.75. The van der Waals surface area contributed by atoms with Crippen molar-refractivity contribution in [2.24, 2.45) is 5.41 Å². The van der Waals surface area contributed by atoms with Crippen LogP contribution in [0.4, 0.5) is 11.6 Å². The van der Waals surface area contributed by atoms with E-state index >= 15 is 0 Å².